The molecule has 2 bridgehead atoms. The van der Waals surface area contributed by atoms with Crippen LogP contribution in [0, 0.1) is 11.8 Å². The Morgan fingerprint density at radius 2 is 2.06 bits per heavy atom. The Balaban J connectivity index is 1.82. The minimum Gasteiger partial charge on any atom is -0.329 e. The summed E-state index contributed by atoms with van der Waals surface area (Å²) in [6, 6.07) is 0.892. The lowest BCUT2D eigenvalue weighted by atomic mass is 9.79. The summed E-state index contributed by atoms with van der Waals surface area (Å²) in [5.41, 5.74) is 6.63. The average molecular weight is 222 g/mol. The van der Waals surface area contributed by atoms with Crippen LogP contribution >= 0.6 is 0 Å². The van der Waals surface area contributed by atoms with Crippen LogP contribution in [0.3, 0.4) is 0 Å². The van der Waals surface area contributed by atoms with Crippen molar-refractivity contribution in [1.82, 2.24) is 4.90 Å². The molecular weight excluding hydrogens is 196 g/mol. The smallest absolute Gasteiger partial charge is 0.0365 e. The maximum atomic E-state index is 6.21. The zero-order valence-corrected chi connectivity index (χ0v) is 10.6. The first-order valence-corrected chi connectivity index (χ1v) is 7.27. The summed E-state index contributed by atoms with van der Waals surface area (Å²) in [4.78, 5) is 2.83. The zero-order chi connectivity index (χ0) is 11.2. The molecule has 0 saturated heterocycles. The van der Waals surface area contributed by atoms with Crippen molar-refractivity contribution < 1.29 is 0 Å². The normalized spacial score (nSPS) is 42.2. The third kappa shape index (κ3) is 1.53. The molecule has 92 valence electrons. The molecule has 3 atom stereocenters. The van der Waals surface area contributed by atoms with Crippen LogP contribution in [0.15, 0.2) is 0 Å². The van der Waals surface area contributed by atoms with Crippen molar-refractivity contribution in [1.29, 1.82) is 0 Å². The molecule has 3 saturated carbocycles. The van der Waals surface area contributed by atoms with Gasteiger partial charge in [-0.3, -0.25) is 4.90 Å². The molecule has 3 unspecified atom stereocenters. The van der Waals surface area contributed by atoms with E-state index in [2.05, 4.69) is 11.8 Å². The predicted octanol–water partition coefficient (Wildman–Crippen LogP) is 2.38. The summed E-state index contributed by atoms with van der Waals surface area (Å²) in [6.45, 7) is 4.50. The van der Waals surface area contributed by atoms with E-state index in [1.165, 1.54) is 51.5 Å². The van der Waals surface area contributed by atoms with Crippen LogP contribution in [0.4, 0.5) is 0 Å². The van der Waals surface area contributed by atoms with Crippen molar-refractivity contribution >= 4 is 0 Å². The van der Waals surface area contributed by atoms with E-state index in [0.29, 0.717) is 5.54 Å². The first-order chi connectivity index (χ1) is 7.80. The largest absolute Gasteiger partial charge is 0.329 e. The molecule has 0 amide bonds. The van der Waals surface area contributed by atoms with E-state index < -0.39 is 0 Å². The Kier molecular flexibility index (Phi) is 2.75. The fourth-order valence-electron chi connectivity index (χ4n) is 4.53. The zero-order valence-electron chi connectivity index (χ0n) is 10.6. The van der Waals surface area contributed by atoms with Crippen LogP contribution in [-0.2, 0) is 0 Å². The van der Waals surface area contributed by atoms with Crippen molar-refractivity contribution in [3.63, 3.8) is 0 Å². The van der Waals surface area contributed by atoms with Crippen molar-refractivity contribution in [2.45, 2.75) is 63.5 Å². The SMILES string of the molecule is CCCN(C1CC1)C1(CN)CC2CCC1C2. The van der Waals surface area contributed by atoms with Crippen LogP contribution < -0.4 is 5.73 Å². The molecule has 0 radical (unpaired) electrons. The molecule has 0 spiro atoms. The predicted molar refractivity (Wildman–Crippen MR) is 67.3 cm³/mol. The number of hydrogen-bond acceptors (Lipinski definition) is 2. The average Bonchev–Trinajstić information content (AvgIpc) is 2.94. The Morgan fingerprint density at radius 3 is 2.50 bits per heavy atom. The number of rotatable bonds is 5. The lowest BCUT2D eigenvalue weighted by Crippen LogP contribution is -2.58. The second kappa shape index (κ2) is 3.99. The van der Waals surface area contributed by atoms with Gasteiger partial charge in [0.05, 0.1) is 0 Å². The molecule has 2 heteroatoms. The second-order valence-corrected chi connectivity index (χ2v) is 6.31. The quantitative estimate of drug-likeness (QED) is 0.774. The van der Waals surface area contributed by atoms with Crippen molar-refractivity contribution in [2.24, 2.45) is 17.6 Å². The third-order valence-electron chi connectivity index (χ3n) is 5.32. The van der Waals surface area contributed by atoms with Gasteiger partial charge in [0.1, 0.15) is 0 Å². The molecular formula is C14H26N2. The van der Waals surface area contributed by atoms with Gasteiger partial charge < -0.3 is 5.73 Å². The maximum absolute atomic E-state index is 6.21. The molecule has 3 aliphatic carbocycles. The minimum atomic E-state index is 0.417. The highest BCUT2D eigenvalue weighted by atomic mass is 15.3. The van der Waals surface area contributed by atoms with Gasteiger partial charge >= 0.3 is 0 Å². The second-order valence-electron chi connectivity index (χ2n) is 6.31. The Hall–Kier alpha value is -0.0800. The van der Waals surface area contributed by atoms with E-state index in [4.69, 9.17) is 5.73 Å². The topological polar surface area (TPSA) is 29.3 Å². The van der Waals surface area contributed by atoms with E-state index >= 15 is 0 Å². The molecule has 0 aliphatic heterocycles. The van der Waals surface area contributed by atoms with Gasteiger partial charge in [0.15, 0.2) is 0 Å². The van der Waals surface area contributed by atoms with E-state index in [9.17, 15) is 0 Å². The van der Waals surface area contributed by atoms with Gasteiger partial charge in [0.2, 0.25) is 0 Å². The summed E-state index contributed by atoms with van der Waals surface area (Å²) in [6.07, 6.45) is 9.97. The first kappa shape index (κ1) is 11.0. The Bertz CT molecular complexity index is 261. The summed E-state index contributed by atoms with van der Waals surface area (Å²) in [5, 5.41) is 0. The molecule has 0 aromatic heterocycles. The molecule has 0 aromatic rings. The molecule has 3 fully saturated rings. The highest BCUT2D eigenvalue weighted by molar-refractivity contribution is 5.10. The maximum Gasteiger partial charge on any atom is 0.0365 e. The van der Waals surface area contributed by atoms with Gasteiger partial charge in [0, 0.05) is 18.1 Å². The number of nitrogens with two attached hydrogens (primary N) is 1. The molecule has 2 N–H and O–H groups in total. The summed E-state index contributed by atoms with van der Waals surface area (Å²) in [5.74, 6) is 1.93. The molecule has 0 heterocycles. The monoisotopic (exact) mass is 222 g/mol. The van der Waals surface area contributed by atoms with Crippen molar-refractivity contribution in [3.05, 3.63) is 0 Å². The third-order valence-corrected chi connectivity index (χ3v) is 5.32. The lowest BCUT2D eigenvalue weighted by Gasteiger charge is -2.47. The number of fused-ring (bicyclic) bond motifs is 2. The van der Waals surface area contributed by atoms with E-state index in [0.717, 1.165) is 24.4 Å². The lowest BCUT2D eigenvalue weighted by molar-refractivity contribution is 0.0339. The molecule has 3 aliphatic rings. The van der Waals surface area contributed by atoms with Gasteiger partial charge in [-0.25, -0.2) is 0 Å². The van der Waals surface area contributed by atoms with Crippen molar-refractivity contribution in [3.8, 4) is 0 Å². The van der Waals surface area contributed by atoms with Crippen LogP contribution in [-0.4, -0.2) is 29.6 Å². The fourth-order valence-corrected chi connectivity index (χ4v) is 4.53. The van der Waals surface area contributed by atoms with Gasteiger partial charge in [-0.15, -0.1) is 0 Å². The van der Waals surface area contributed by atoms with E-state index in [1.807, 2.05) is 0 Å². The van der Waals surface area contributed by atoms with Crippen LogP contribution in [0.2, 0.25) is 0 Å². The van der Waals surface area contributed by atoms with Gasteiger partial charge in [0.25, 0.3) is 0 Å². The molecule has 3 rings (SSSR count). The van der Waals surface area contributed by atoms with Gasteiger partial charge in [-0.2, -0.15) is 0 Å². The Labute approximate surface area is 99.6 Å². The van der Waals surface area contributed by atoms with E-state index in [-0.39, 0.29) is 0 Å². The first-order valence-electron chi connectivity index (χ1n) is 7.27. The van der Waals surface area contributed by atoms with Gasteiger partial charge in [-0.1, -0.05) is 13.3 Å². The van der Waals surface area contributed by atoms with Crippen LogP contribution in [0.1, 0.15) is 51.9 Å². The molecule has 16 heavy (non-hydrogen) atoms. The molecule has 0 aromatic carbocycles. The number of nitrogens with zero attached hydrogens (tertiary/aromatic N) is 1. The number of hydrogen-bond donors (Lipinski definition) is 1. The summed E-state index contributed by atoms with van der Waals surface area (Å²) >= 11 is 0. The minimum absolute atomic E-state index is 0.417. The van der Waals surface area contributed by atoms with Crippen LogP contribution in [0.25, 0.3) is 0 Å². The Morgan fingerprint density at radius 1 is 1.25 bits per heavy atom. The standard InChI is InChI=1S/C14H26N2/c1-2-7-16(13-5-6-13)14(10-15)9-11-3-4-12(14)8-11/h11-13H,2-10,15H2,1H3. The fraction of sp³-hybridized carbons (Fsp3) is 1.00. The highest BCUT2D eigenvalue weighted by Gasteiger charge is 2.55. The van der Waals surface area contributed by atoms with Gasteiger partial charge in [-0.05, 0) is 56.9 Å². The summed E-state index contributed by atoms with van der Waals surface area (Å²) < 4.78 is 0. The summed E-state index contributed by atoms with van der Waals surface area (Å²) in [7, 11) is 0. The van der Waals surface area contributed by atoms with Crippen molar-refractivity contribution in [2.75, 3.05) is 13.1 Å². The highest BCUT2D eigenvalue weighted by Crippen LogP contribution is 2.55. The van der Waals surface area contributed by atoms with Crippen LogP contribution in [0.5, 0.6) is 0 Å². The van der Waals surface area contributed by atoms with E-state index in [1.54, 1.807) is 0 Å². The molecule has 2 nitrogen and oxygen atoms in total.